The van der Waals surface area contributed by atoms with Crippen molar-refractivity contribution >= 4 is 5.97 Å². The van der Waals surface area contributed by atoms with Gasteiger partial charge in [-0.1, -0.05) is 25.8 Å². The topological polar surface area (TPSA) is 26.3 Å². The molecule has 0 aliphatic carbocycles. The lowest BCUT2D eigenvalue weighted by Gasteiger charge is -2.28. The molecule has 0 aromatic rings. The normalized spacial score (nSPS) is 10.7. The fourth-order valence-corrected chi connectivity index (χ4v) is 1.74. The molecule has 4 heteroatoms. The van der Waals surface area contributed by atoms with Crippen LogP contribution in [0.15, 0.2) is 12.7 Å². The Labute approximate surface area is 125 Å². The highest BCUT2D eigenvalue weighted by Crippen LogP contribution is 2.08. The average molecular weight is 292 g/mol. The second kappa shape index (κ2) is 12.5. The van der Waals surface area contributed by atoms with E-state index in [1.165, 1.54) is 44.8 Å². The van der Waals surface area contributed by atoms with Gasteiger partial charge in [0.1, 0.15) is 0 Å². The molecule has 0 amide bonds. The molecule has 0 aromatic heterocycles. The van der Waals surface area contributed by atoms with Crippen LogP contribution in [0.2, 0.25) is 0 Å². The van der Waals surface area contributed by atoms with E-state index in [1.807, 2.05) is 0 Å². The lowest BCUT2D eigenvalue weighted by atomic mass is 10.1. The smallest absolute Gasteiger partial charge is 0.330 e. The Morgan fingerprint density at radius 3 is 2.16 bits per heavy atom. The van der Waals surface area contributed by atoms with Crippen molar-refractivity contribution in [3.05, 3.63) is 12.7 Å². The van der Waals surface area contributed by atoms with Crippen LogP contribution >= 0.6 is 0 Å². The van der Waals surface area contributed by atoms with E-state index in [9.17, 15) is 4.79 Å². The molecule has 0 aromatic carbocycles. The molecule has 0 aliphatic heterocycles. The minimum atomic E-state index is -0.311. The summed E-state index contributed by atoms with van der Waals surface area (Å²) in [4.78, 5) is 10.8. The van der Waals surface area contributed by atoms with Gasteiger partial charge < -0.3 is 21.6 Å². The molecule has 0 unspecified atom stereocenters. The molecule has 3 nitrogen and oxygen atoms in total. The molecule has 0 rings (SSSR count). The third-order valence-electron chi connectivity index (χ3n) is 3.42. The van der Waals surface area contributed by atoms with E-state index in [2.05, 4.69) is 27.6 Å². The third kappa shape index (κ3) is 13.7. The van der Waals surface area contributed by atoms with Crippen LogP contribution in [0.4, 0.5) is 0 Å². The standard InChI is InChI=1S/C15H30NO2.ClH/c1-5-15(17)18-14-12-10-8-7-9-11-13-16(3,4)6-2;/h5H,1,6-14H2,2-4H3;1H/q+1;/p-1. The summed E-state index contributed by atoms with van der Waals surface area (Å²) in [5, 5.41) is 0. The van der Waals surface area contributed by atoms with Gasteiger partial charge in [-0.15, -0.1) is 0 Å². The van der Waals surface area contributed by atoms with Crippen molar-refractivity contribution in [2.45, 2.75) is 45.4 Å². The van der Waals surface area contributed by atoms with Crippen LogP contribution in [-0.4, -0.2) is 44.2 Å². The second-order valence-electron chi connectivity index (χ2n) is 5.47. The number of rotatable bonds is 11. The van der Waals surface area contributed by atoms with Crippen LogP contribution in [0, 0.1) is 0 Å². The van der Waals surface area contributed by atoms with Gasteiger partial charge in [-0.2, -0.15) is 0 Å². The van der Waals surface area contributed by atoms with Crippen molar-refractivity contribution in [2.75, 3.05) is 33.8 Å². The van der Waals surface area contributed by atoms with Gasteiger partial charge in [0.05, 0.1) is 33.8 Å². The van der Waals surface area contributed by atoms with E-state index in [4.69, 9.17) is 4.74 Å². The van der Waals surface area contributed by atoms with E-state index in [0.29, 0.717) is 6.61 Å². The number of carbonyl (C=O) groups excluding carboxylic acids is 1. The van der Waals surface area contributed by atoms with E-state index in [-0.39, 0.29) is 18.4 Å². The summed E-state index contributed by atoms with van der Waals surface area (Å²) in [5.41, 5.74) is 0. The Kier molecular flexibility index (Phi) is 13.7. The number of halogens is 1. The van der Waals surface area contributed by atoms with Gasteiger partial charge in [-0.25, -0.2) is 4.79 Å². The first-order valence-corrected chi connectivity index (χ1v) is 7.13. The molecule has 0 saturated carbocycles. The monoisotopic (exact) mass is 291 g/mol. The van der Waals surface area contributed by atoms with Crippen LogP contribution < -0.4 is 12.4 Å². The number of esters is 1. The zero-order valence-electron chi connectivity index (χ0n) is 12.8. The molecule has 0 radical (unpaired) electrons. The van der Waals surface area contributed by atoms with E-state index >= 15 is 0 Å². The maximum atomic E-state index is 10.8. The van der Waals surface area contributed by atoms with Crippen molar-refractivity contribution < 1.29 is 26.4 Å². The van der Waals surface area contributed by atoms with E-state index in [1.54, 1.807) is 0 Å². The van der Waals surface area contributed by atoms with Gasteiger partial charge in [0.25, 0.3) is 0 Å². The van der Waals surface area contributed by atoms with Crippen molar-refractivity contribution in [1.82, 2.24) is 0 Å². The maximum absolute atomic E-state index is 10.8. The summed E-state index contributed by atoms with van der Waals surface area (Å²) < 4.78 is 6.04. The van der Waals surface area contributed by atoms with Gasteiger partial charge in [0, 0.05) is 6.08 Å². The number of ether oxygens (including phenoxy) is 1. The Hall–Kier alpha value is -0.540. The highest BCUT2D eigenvalue weighted by molar-refractivity contribution is 5.81. The van der Waals surface area contributed by atoms with Crippen LogP contribution in [-0.2, 0) is 9.53 Å². The Bertz CT molecular complexity index is 242. The van der Waals surface area contributed by atoms with Crippen molar-refractivity contribution in [3.8, 4) is 0 Å². The number of hydrogen-bond donors (Lipinski definition) is 0. The van der Waals surface area contributed by atoms with Gasteiger partial charge in [0.2, 0.25) is 0 Å². The number of unbranched alkanes of at least 4 members (excludes halogenated alkanes) is 5. The Morgan fingerprint density at radius 2 is 1.63 bits per heavy atom. The number of nitrogens with zero attached hydrogens (tertiary/aromatic N) is 1. The number of hydrogen-bond acceptors (Lipinski definition) is 2. The summed E-state index contributed by atoms with van der Waals surface area (Å²) in [7, 11) is 4.57. The minimum absolute atomic E-state index is 0. The molecule has 0 N–H and O–H groups in total. The molecule has 0 aliphatic rings. The van der Waals surface area contributed by atoms with Crippen molar-refractivity contribution in [3.63, 3.8) is 0 Å². The SMILES string of the molecule is C=CC(=O)OCCCCCCCC[N+](C)(C)CC.[Cl-]. The molecule has 0 atom stereocenters. The lowest BCUT2D eigenvalue weighted by Crippen LogP contribution is -3.00. The zero-order chi connectivity index (χ0) is 13.9. The van der Waals surface area contributed by atoms with Crippen LogP contribution in [0.5, 0.6) is 0 Å². The zero-order valence-corrected chi connectivity index (χ0v) is 13.5. The highest BCUT2D eigenvalue weighted by Gasteiger charge is 2.09. The molecule has 0 heterocycles. The molecular formula is C15H30ClNO2. The summed E-state index contributed by atoms with van der Waals surface area (Å²) in [6.45, 7) is 8.61. The van der Waals surface area contributed by atoms with Crippen LogP contribution in [0.1, 0.15) is 45.4 Å². The predicted molar refractivity (Wildman–Crippen MR) is 76.4 cm³/mol. The first kappa shape index (κ1) is 20.8. The molecule has 0 spiro atoms. The Morgan fingerprint density at radius 1 is 1.11 bits per heavy atom. The molecule has 19 heavy (non-hydrogen) atoms. The molecule has 114 valence electrons. The van der Waals surface area contributed by atoms with Crippen molar-refractivity contribution in [2.24, 2.45) is 0 Å². The summed E-state index contributed by atoms with van der Waals surface area (Å²) in [6, 6.07) is 0. The fraction of sp³-hybridized carbons (Fsp3) is 0.800. The Balaban J connectivity index is 0. The van der Waals surface area contributed by atoms with Crippen LogP contribution in [0.3, 0.4) is 0 Å². The van der Waals surface area contributed by atoms with E-state index < -0.39 is 0 Å². The fourth-order valence-electron chi connectivity index (χ4n) is 1.74. The minimum Gasteiger partial charge on any atom is -1.00 e. The predicted octanol–water partition coefficient (Wildman–Crippen LogP) is 0.157. The van der Waals surface area contributed by atoms with Gasteiger partial charge in [-0.05, 0) is 26.2 Å². The second-order valence-corrected chi connectivity index (χ2v) is 5.47. The largest absolute Gasteiger partial charge is 1.00 e. The van der Waals surface area contributed by atoms with Gasteiger partial charge in [0.15, 0.2) is 0 Å². The summed E-state index contributed by atoms with van der Waals surface area (Å²) in [5.74, 6) is -0.311. The highest BCUT2D eigenvalue weighted by atomic mass is 35.5. The first-order chi connectivity index (χ1) is 8.52. The van der Waals surface area contributed by atoms with Crippen LogP contribution in [0.25, 0.3) is 0 Å². The summed E-state index contributed by atoms with van der Waals surface area (Å²) >= 11 is 0. The third-order valence-corrected chi connectivity index (χ3v) is 3.42. The number of quaternary nitrogens is 1. The molecule has 0 saturated heterocycles. The molecule has 0 bridgehead atoms. The van der Waals surface area contributed by atoms with Gasteiger partial charge >= 0.3 is 5.97 Å². The first-order valence-electron chi connectivity index (χ1n) is 7.13. The maximum Gasteiger partial charge on any atom is 0.330 e. The van der Waals surface area contributed by atoms with Gasteiger partial charge in [-0.3, -0.25) is 0 Å². The quantitative estimate of drug-likeness (QED) is 0.235. The molecule has 0 fully saturated rings. The number of carbonyl (C=O) groups is 1. The molecular weight excluding hydrogens is 262 g/mol. The summed E-state index contributed by atoms with van der Waals surface area (Å²) in [6.07, 6.45) is 8.49. The average Bonchev–Trinajstić information content (AvgIpc) is 2.36. The lowest BCUT2D eigenvalue weighted by molar-refractivity contribution is -0.888. The van der Waals surface area contributed by atoms with E-state index in [0.717, 1.165) is 17.3 Å². The van der Waals surface area contributed by atoms with Crippen molar-refractivity contribution in [1.29, 1.82) is 0 Å².